The normalized spacial score (nSPS) is 18.2. The number of rotatable bonds is 4. The van der Waals surface area contributed by atoms with Crippen LogP contribution >= 0.6 is 0 Å². The molecule has 1 atom stereocenters. The van der Waals surface area contributed by atoms with Crippen molar-refractivity contribution in [2.45, 2.75) is 19.0 Å². The van der Waals surface area contributed by atoms with Gasteiger partial charge in [-0.2, -0.15) is 0 Å². The van der Waals surface area contributed by atoms with E-state index in [0.717, 1.165) is 0 Å². The number of carbonyl (C=O) groups excluding carboxylic acids is 1. The molecule has 0 bridgehead atoms. The average Bonchev–Trinajstić information content (AvgIpc) is 3.04. The van der Waals surface area contributed by atoms with E-state index in [1.807, 2.05) is 6.07 Å². The summed E-state index contributed by atoms with van der Waals surface area (Å²) in [7, 11) is -3.17. The zero-order chi connectivity index (χ0) is 19.7. The molecule has 0 aliphatic carbocycles. The predicted octanol–water partition coefficient (Wildman–Crippen LogP) is 1.62. The molecule has 144 valence electrons. The van der Waals surface area contributed by atoms with Crippen LogP contribution in [0.5, 0.6) is 0 Å². The number of amides is 1. The van der Waals surface area contributed by atoms with Gasteiger partial charge in [0.05, 0.1) is 34.8 Å². The van der Waals surface area contributed by atoms with Gasteiger partial charge in [0.2, 0.25) is 5.91 Å². The molecule has 1 aromatic heterocycles. The molecule has 1 fully saturated rings. The van der Waals surface area contributed by atoms with E-state index in [2.05, 4.69) is 4.98 Å². The molecule has 1 aliphatic heterocycles. The summed E-state index contributed by atoms with van der Waals surface area (Å²) < 4.78 is 25.2. The maximum absolute atomic E-state index is 13.1. The lowest BCUT2D eigenvalue weighted by atomic mass is 10.1. The average molecular weight is 397 g/mol. The highest BCUT2D eigenvalue weighted by atomic mass is 32.2. The van der Waals surface area contributed by atoms with Crippen molar-refractivity contribution >= 4 is 32.3 Å². The number of nitrogens with zero attached hydrogens (tertiary/aromatic N) is 3. The van der Waals surface area contributed by atoms with Gasteiger partial charge < -0.3 is 4.90 Å². The molecule has 1 aliphatic rings. The second-order valence-electron chi connectivity index (χ2n) is 6.85. The minimum Gasteiger partial charge on any atom is -0.307 e. The summed E-state index contributed by atoms with van der Waals surface area (Å²) >= 11 is 0. The van der Waals surface area contributed by atoms with Crippen LogP contribution in [0.25, 0.3) is 10.9 Å². The van der Waals surface area contributed by atoms with Crippen LogP contribution in [-0.2, 0) is 21.2 Å². The van der Waals surface area contributed by atoms with Crippen LogP contribution in [0.2, 0.25) is 0 Å². The van der Waals surface area contributed by atoms with Crippen LogP contribution in [-0.4, -0.2) is 41.4 Å². The Hall–Kier alpha value is -3.00. The van der Waals surface area contributed by atoms with Gasteiger partial charge in [0.25, 0.3) is 5.56 Å². The fourth-order valence-corrected chi connectivity index (χ4v) is 5.27. The molecule has 1 unspecified atom stereocenters. The number of aromatic nitrogens is 2. The summed E-state index contributed by atoms with van der Waals surface area (Å²) in [5.74, 6) is -0.350. The van der Waals surface area contributed by atoms with E-state index in [1.54, 1.807) is 48.5 Å². The Labute approximate surface area is 162 Å². The topological polar surface area (TPSA) is 89.3 Å². The van der Waals surface area contributed by atoms with Crippen LogP contribution in [0.4, 0.5) is 5.69 Å². The molecule has 0 spiro atoms. The first kappa shape index (κ1) is 18.4. The summed E-state index contributed by atoms with van der Waals surface area (Å²) in [6, 6.07) is 15.5. The van der Waals surface area contributed by atoms with E-state index in [-0.39, 0.29) is 29.5 Å². The van der Waals surface area contributed by atoms with E-state index >= 15 is 0 Å². The third kappa shape index (κ3) is 3.55. The van der Waals surface area contributed by atoms with Gasteiger partial charge in [0.15, 0.2) is 9.84 Å². The zero-order valence-corrected chi connectivity index (χ0v) is 15.9. The second-order valence-corrected chi connectivity index (χ2v) is 9.08. The Balaban J connectivity index is 1.69. The van der Waals surface area contributed by atoms with Crippen molar-refractivity contribution in [3.63, 3.8) is 0 Å². The fraction of sp³-hybridized carbons (Fsp3) is 0.250. The third-order valence-electron chi connectivity index (χ3n) is 4.91. The van der Waals surface area contributed by atoms with Crippen molar-refractivity contribution in [3.8, 4) is 0 Å². The van der Waals surface area contributed by atoms with Crippen LogP contribution in [0.3, 0.4) is 0 Å². The minimum atomic E-state index is -3.17. The molecule has 7 nitrogen and oxygen atoms in total. The second kappa shape index (κ2) is 7.20. The standard InChI is InChI=1S/C20H19N3O4S/c24-19(12-22-14-21-18-9-5-4-8-17(18)20(22)25)23(15-6-2-1-3-7-15)16-10-11-28(26,27)13-16/h1-9,14,16H,10-13H2. The number of para-hydroxylation sites is 2. The Kier molecular flexibility index (Phi) is 4.72. The number of anilines is 1. The fourth-order valence-electron chi connectivity index (χ4n) is 3.57. The zero-order valence-electron chi connectivity index (χ0n) is 15.1. The van der Waals surface area contributed by atoms with Gasteiger partial charge in [-0.05, 0) is 30.7 Å². The highest BCUT2D eigenvalue weighted by Gasteiger charge is 2.35. The van der Waals surface area contributed by atoms with Gasteiger partial charge in [0, 0.05) is 5.69 Å². The van der Waals surface area contributed by atoms with Crippen molar-refractivity contribution in [2.75, 3.05) is 16.4 Å². The van der Waals surface area contributed by atoms with Gasteiger partial charge in [-0.1, -0.05) is 30.3 Å². The number of hydrogen-bond donors (Lipinski definition) is 0. The van der Waals surface area contributed by atoms with Gasteiger partial charge in [-0.25, -0.2) is 13.4 Å². The van der Waals surface area contributed by atoms with Gasteiger partial charge in [-0.3, -0.25) is 14.2 Å². The molecular formula is C20H19N3O4S. The Bertz CT molecular complexity index is 1190. The highest BCUT2D eigenvalue weighted by Crippen LogP contribution is 2.24. The molecule has 0 saturated carbocycles. The molecule has 28 heavy (non-hydrogen) atoms. The molecule has 1 saturated heterocycles. The smallest absolute Gasteiger partial charge is 0.261 e. The SMILES string of the molecule is O=C(Cn1cnc2ccccc2c1=O)N(c1ccccc1)C1CCS(=O)(=O)C1. The monoisotopic (exact) mass is 397 g/mol. The molecule has 8 heteroatoms. The van der Waals surface area contributed by atoms with Crippen molar-refractivity contribution in [2.24, 2.45) is 0 Å². The maximum Gasteiger partial charge on any atom is 0.261 e. The molecule has 2 heterocycles. The van der Waals surface area contributed by atoms with E-state index in [9.17, 15) is 18.0 Å². The summed E-state index contributed by atoms with van der Waals surface area (Å²) in [5.41, 5.74) is 0.889. The number of carbonyl (C=O) groups is 1. The van der Waals surface area contributed by atoms with E-state index in [1.165, 1.54) is 15.8 Å². The van der Waals surface area contributed by atoms with Crippen molar-refractivity contribution in [3.05, 3.63) is 71.3 Å². The van der Waals surface area contributed by atoms with Crippen molar-refractivity contribution < 1.29 is 13.2 Å². The van der Waals surface area contributed by atoms with Crippen LogP contribution < -0.4 is 10.5 Å². The van der Waals surface area contributed by atoms with E-state index < -0.39 is 15.9 Å². The summed E-state index contributed by atoms with van der Waals surface area (Å²) in [4.78, 5) is 31.6. The lowest BCUT2D eigenvalue weighted by molar-refractivity contribution is -0.119. The molecular weight excluding hydrogens is 378 g/mol. The Morgan fingerprint density at radius 3 is 2.54 bits per heavy atom. The molecule has 4 rings (SSSR count). The summed E-state index contributed by atoms with van der Waals surface area (Å²) in [5, 5.41) is 0.438. The number of hydrogen-bond acceptors (Lipinski definition) is 5. The Morgan fingerprint density at radius 1 is 1.11 bits per heavy atom. The molecule has 0 N–H and O–H groups in total. The number of benzene rings is 2. The highest BCUT2D eigenvalue weighted by molar-refractivity contribution is 7.91. The lowest BCUT2D eigenvalue weighted by Crippen LogP contribution is -2.44. The van der Waals surface area contributed by atoms with E-state index in [4.69, 9.17) is 0 Å². The molecule has 1 amide bonds. The first-order valence-corrected chi connectivity index (χ1v) is 10.8. The minimum absolute atomic E-state index is 0.0613. The van der Waals surface area contributed by atoms with Gasteiger partial charge >= 0.3 is 0 Å². The quantitative estimate of drug-likeness (QED) is 0.667. The first-order valence-electron chi connectivity index (χ1n) is 8.96. The van der Waals surface area contributed by atoms with Crippen molar-refractivity contribution in [1.82, 2.24) is 9.55 Å². The van der Waals surface area contributed by atoms with E-state index in [0.29, 0.717) is 23.0 Å². The van der Waals surface area contributed by atoms with Crippen LogP contribution in [0.15, 0.2) is 65.7 Å². The summed E-state index contributed by atoms with van der Waals surface area (Å²) in [6.45, 7) is -0.206. The molecule has 3 aromatic rings. The molecule has 2 aromatic carbocycles. The third-order valence-corrected chi connectivity index (χ3v) is 6.66. The number of fused-ring (bicyclic) bond motifs is 1. The largest absolute Gasteiger partial charge is 0.307 e. The van der Waals surface area contributed by atoms with Gasteiger partial charge in [-0.15, -0.1) is 0 Å². The maximum atomic E-state index is 13.1. The lowest BCUT2D eigenvalue weighted by Gasteiger charge is -2.28. The predicted molar refractivity (Wildman–Crippen MR) is 107 cm³/mol. The van der Waals surface area contributed by atoms with Gasteiger partial charge in [0.1, 0.15) is 6.54 Å². The number of sulfone groups is 1. The van der Waals surface area contributed by atoms with Crippen LogP contribution in [0, 0.1) is 0 Å². The summed E-state index contributed by atoms with van der Waals surface area (Å²) in [6.07, 6.45) is 1.74. The first-order chi connectivity index (χ1) is 13.4. The van der Waals surface area contributed by atoms with Crippen LogP contribution in [0.1, 0.15) is 6.42 Å². The Morgan fingerprint density at radius 2 is 1.82 bits per heavy atom. The van der Waals surface area contributed by atoms with Crippen molar-refractivity contribution in [1.29, 1.82) is 0 Å². The molecule has 0 radical (unpaired) electrons.